The summed E-state index contributed by atoms with van der Waals surface area (Å²) >= 11 is 1.54. The molecule has 2 aliphatic heterocycles. The van der Waals surface area contributed by atoms with E-state index in [1.807, 2.05) is 23.1 Å². The quantitative estimate of drug-likeness (QED) is 0.534. The summed E-state index contributed by atoms with van der Waals surface area (Å²) in [6.45, 7) is 2.48. The van der Waals surface area contributed by atoms with Gasteiger partial charge in [0.1, 0.15) is 0 Å². The SMILES string of the molecule is COc1cccc(C(=O)N2CCCC2c2cccc(C(=O)Nc3nc4c(s3)CN(C)CC4)c2)c1OC. The van der Waals surface area contributed by atoms with Crippen molar-refractivity contribution >= 4 is 28.3 Å². The fraction of sp³-hybridized carbons (Fsp3) is 0.370. The predicted molar refractivity (Wildman–Crippen MR) is 139 cm³/mol. The second kappa shape index (κ2) is 10.3. The van der Waals surface area contributed by atoms with Gasteiger partial charge in [0.15, 0.2) is 16.6 Å². The van der Waals surface area contributed by atoms with E-state index >= 15 is 0 Å². The number of carbonyl (C=O) groups excluding carboxylic acids is 2. The minimum Gasteiger partial charge on any atom is -0.493 e. The van der Waals surface area contributed by atoms with Crippen LogP contribution in [0.1, 0.15) is 55.7 Å². The van der Waals surface area contributed by atoms with Gasteiger partial charge >= 0.3 is 0 Å². The van der Waals surface area contributed by atoms with Crippen LogP contribution < -0.4 is 14.8 Å². The number of ether oxygens (including phenoxy) is 2. The van der Waals surface area contributed by atoms with Gasteiger partial charge in [0.05, 0.1) is 31.5 Å². The summed E-state index contributed by atoms with van der Waals surface area (Å²) in [5.41, 5.74) is 3.04. The number of aromatic nitrogens is 1. The minimum atomic E-state index is -0.193. The number of nitrogens with one attached hydrogen (secondary N) is 1. The summed E-state index contributed by atoms with van der Waals surface area (Å²) in [6, 6.07) is 12.7. The number of hydrogen-bond donors (Lipinski definition) is 1. The zero-order valence-electron chi connectivity index (χ0n) is 20.7. The van der Waals surface area contributed by atoms with E-state index in [9.17, 15) is 9.59 Å². The Morgan fingerprint density at radius 1 is 1.11 bits per heavy atom. The van der Waals surface area contributed by atoms with E-state index in [2.05, 4.69) is 22.2 Å². The van der Waals surface area contributed by atoms with Gasteiger partial charge < -0.3 is 19.3 Å². The van der Waals surface area contributed by atoms with E-state index in [0.29, 0.717) is 34.3 Å². The number of nitrogens with zero attached hydrogens (tertiary/aromatic N) is 3. The third-order valence-electron chi connectivity index (χ3n) is 6.82. The third-order valence-corrected chi connectivity index (χ3v) is 7.82. The summed E-state index contributed by atoms with van der Waals surface area (Å²) < 4.78 is 10.9. The lowest BCUT2D eigenvalue weighted by Gasteiger charge is -2.26. The van der Waals surface area contributed by atoms with Crippen LogP contribution in [0.25, 0.3) is 0 Å². The van der Waals surface area contributed by atoms with E-state index in [0.717, 1.165) is 43.6 Å². The van der Waals surface area contributed by atoms with Gasteiger partial charge in [-0.2, -0.15) is 0 Å². The highest BCUT2D eigenvalue weighted by atomic mass is 32.1. The molecule has 0 radical (unpaired) electrons. The highest BCUT2D eigenvalue weighted by molar-refractivity contribution is 7.15. The van der Waals surface area contributed by atoms with Crippen molar-refractivity contribution in [1.29, 1.82) is 0 Å². The standard InChI is InChI=1S/C27H30N4O4S/c1-30-14-12-20-23(16-30)36-27(28-20)29-25(32)18-8-4-7-17(15-18)21-10-6-13-31(21)26(33)19-9-5-11-22(34-2)24(19)35-3/h4-5,7-9,11,15,21H,6,10,12-14,16H2,1-3H3,(H,28,29,32). The second-order valence-electron chi connectivity index (χ2n) is 9.15. The molecule has 3 aromatic rings. The molecule has 2 aromatic carbocycles. The topological polar surface area (TPSA) is 84.0 Å². The maximum absolute atomic E-state index is 13.6. The van der Waals surface area contributed by atoms with E-state index in [4.69, 9.17) is 9.47 Å². The zero-order chi connectivity index (χ0) is 25.2. The number of benzene rings is 2. The summed E-state index contributed by atoms with van der Waals surface area (Å²) in [5, 5.41) is 3.61. The van der Waals surface area contributed by atoms with Crippen LogP contribution in [0.5, 0.6) is 11.5 Å². The lowest BCUT2D eigenvalue weighted by atomic mass is 10.0. The number of likely N-dealkylation sites (N-methyl/N-ethyl adjacent to an activating group) is 1. The van der Waals surface area contributed by atoms with Crippen molar-refractivity contribution in [3.8, 4) is 11.5 Å². The van der Waals surface area contributed by atoms with Crippen molar-refractivity contribution in [3.63, 3.8) is 0 Å². The molecule has 0 spiro atoms. The van der Waals surface area contributed by atoms with Gasteiger partial charge in [-0.1, -0.05) is 18.2 Å². The number of para-hydroxylation sites is 1. The first-order valence-corrected chi connectivity index (χ1v) is 12.9. The molecule has 9 heteroatoms. The molecule has 36 heavy (non-hydrogen) atoms. The molecule has 8 nitrogen and oxygen atoms in total. The van der Waals surface area contributed by atoms with E-state index < -0.39 is 0 Å². The molecule has 1 unspecified atom stereocenters. The largest absolute Gasteiger partial charge is 0.493 e. The number of amides is 2. The Bertz CT molecular complexity index is 1290. The molecule has 1 N–H and O–H groups in total. The summed E-state index contributed by atoms with van der Waals surface area (Å²) in [6.07, 6.45) is 2.62. The molecule has 0 bridgehead atoms. The first-order chi connectivity index (χ1) is 17.5. The number of hydrogen-bond acceptors (Lipinski definition) is 7. The molecule has 2 aliphatic rings. The molecular weight excluding hydrogens is 476 g/mol. The first-order valence-electron chi connectivity index (χ1n) is 12.1. The van der Waals surface area contributed by atoms with Crippen molar-refractivity contribution < 1.29 is 19.1 Å². The Labute approximate surface area is 214 Å². The van der Waals surface area contributed by atoms with Crippen LogP contribution in [-0.2, 0) is 13.0 Å². The van der Waals surface area contributed by atoms with Gasteiger partial charge in [0.2, 0.25) is 0 Å². The molecule has 5 rings (SSSR count). The zero-order valence-corrected chi connectivity index (χ0v) is 21.6. The molecule has 1 atom stereocenters. The number of rotatable bonds is 6. The van der Waals surface area contributed by atoms with Crippen LogP contribution in [0.4, 0.5) is 5.13 Å². The van der Waals surface area contributed by atoms with Crippen LogP contribution in [-0.4, -0.2) is 61.0 Å². The van der Waals surface area contributed by atoms with Gasteiger partial charge in [0.25, 0.3) is 11.8 Å². The normalized spacial score (nSPS) is 17.5. The minimum absolute atomic E-state index is 0.110. The highest BCUT2D eigenvalue weighted by Crippen LogP contribution is 2.37. The molecule has 2 amide bonds. The Kier molecular flexibility index (Phi) is 6.93. The average molecular weight is 507 g/mol. The van der Waals surface area contributed by atoms with Gasteiger partial charge in [0, 0.05) is 36.5 Å². The fourth-order valence-electron chi connectivity index (χ4n) is 5.00. The van der Waals surface area contributed by atoms with Crippen LogP contribution in [0, 0.1) is 0 Å². The van der Waals surface area contributed by atoms with Crippen molar-refractivity contribution in [2.75, 3.05) is 39.7 Å². The highest BCUT2D eigenvalue weighted by Gasteiger charge is 2.33. The lowest BCUT2D eigenvalue weighted by molar-refractivity contribution is 0.0731. The molecule has 188 valence electrons. The van der Waals surface area contributed by atoms with Crippen LogP contribution in [0.3, 0.4) is 0 Å². The summed E-state index contributed by atoms with van der Waals surface area (Å²) in [4.78, 5) is 36.6. The lowest BCUT2D eigenvalue weighted by Crippen LogP contribution is -2.31. The summed E-state index contributed by atoms with van der Waals surface area (Å²) in [7, 11) is 5.18. The molecule has 1 aromatic heterocycles. The van der Waals surface area contributed by atoms with Gasteiger partial charge in [-0.05, 0) is 49.7 Å². The van der Waals surface area contributed by atoms with Crippen LogP contribution in [0.15, 0.2) is 42.5 Å². The number of anilines is 1. The first kappa shape index (κ1) is 24.3. The molecular formula is C27H30N4O4S. The Hall–Kier alpha value is -3.43. The van der Waals surface area contributed by atoms with Crippen molar-refractivity contribution in [2.24, 2.45) is 0 Å². The van der Waals surface area contributed by atoms with E-state index in [1.54, 1.807) is 42.7 Å². The van der Waals surface area contributed by atoms with Crippen molar-refractivity contribution in [2.45, 2.75) is 31.8 Å². The number of likely N-dealkylation sites (tertiary alicyclic amines) is 1. The maximum atomic E-state index is 13.6. The second-order valence-corrected chi connectivity index (χ2v) is 10.2. The summed E-state index contributed by atoms with van der Waals surface area (Å²) in [5.74, 6) is 0.650. The van der Waals surface area contributed by atoms with Gasteiger partial charge in [-0.25, -0.2) is 4.98 Å². The Morgan fingerprint density at radius 3 is 2.75 bits per heavy atom. The smallest absolute Gasteiger partial charge is 0.258 e. The van der Waals surface area contributed by atoms with E-state index in [-0.39, 0.29) is 17.9 Å². The van der Waals surface area contributed by atoms with Crippen molar-refractivity contribution in [3.05, 3.63) is 69.7 Å². The fourth-order valence-corrected chi connectivity index (χ4v) is 6.08. The Morgan fingerprint density at radius 2 is 1.94 bits per heavy atom. The Balaban J connectivity index is 1.35. The molecule has 0 saturated carbocycles. The van der Waals surface area contributed by atoms with Crippen LogP contribution in [0.2, 0.25) is 0 Å². The predicted octanol–water partition coefficient (Wildman–Crippen LogP) is 4.38. The molecule has 3 heterocycles. The third kappa shape index (κ3) is 4.68. The monoisotopic (exact) mass is 506 g/mol. The number of thiazole rings is 1. The van der Waals surface area contributed by atoms with Crippen LogP contribution >= 0.6 is 11.3 Å². The van der Waals surface area contributed by atoms with Crippen molar-refractivity contribution in [1.82, 2.24) is 14.8 Å². The average Bonchev–Trinajstić information content (AvgIpc) is 3.54. The van der Waals surface area contributed by atoms with E-state index in [1.165, 1.54) is 12.0 Å². The van der Waals surface area contributed by atoms with Gasteiger partial charge in [-0.15, -0.1) is 11.3 Å². The molecule has 1 fully saturated rings. The number of methoxy groups -OCH3 is 2. The van der Waals surface area contributed by atoms with Gasteiger partial charge in [-0.3, -0.25) is 14.9 Å². The number of carbonyl (C=O) groups is 2. The molecule has 1 saturated heterocycles. The maximum Gasteiger partial charge on any atom is 0.258 e. The number of fused-ring (bicyclic) bond motifs is 1. The molecule has 0 aliphatic carbocycles.